The third-order valence-electron chi connectivity index (χ3n) is 8.45. The third-order valence-corrected chi connectivity index (χ3v) is 8.45. The molecule has 17 heteroatoms. The van der Waals surface area contributed by atoms with Crippen LogP contribution in [0.5, 0.6) is 0 Å². The molecule has 0 spiro atoms. The molecule has 1 aliphatic rings. The molecule has 0 radical (unpaired) electrons. The number of hydrogen-bond donors (Lipinski definition) is 0. The van der Waals surface area contributed by atoms with Crippen LogP contribution in [0.25, 0.3) is 0 Å². The minimum absolute atomic E-state index is 0.0333. The predicted molar refractivity (Wildman–Crippen MR) is 213 cm³/mol. The van der Waals surface area contributed by atoms with Crippen LogP contribution < -0.4 is 0 Å². The van der Waals surface area contributed by atoms with Gasteiger partial charge in [-0.2, -0.15) is 0 Å². The van der Waals surface area contributed by atoms with Crippen molar-refractivity contribution in [2.45, 2.75) is 143 Å². The monoisotopic (exact) mass is 852 g/mol. The quantitative estimate of drug-likeness (QED) is 0.0422. The fourth-order valence-electron chi connectivity index (χ4n) is 4.99. The number of esters is 8. The van der Waals surface area contributed by atoms with Gasteiger partial charge >= 0.3 is 47.8 Å². The predicted octanol–water partition coefficient (Wildman–Crippen LogP) is 5.29. The number of ether oxygens (including phenoxy) is 9. The highest BCUT2D eigenvalue weighted by Gasteiger charge is 2.48. The van der Waals surface area contributed by atoms with Gasteiger partial charge in [0, 0.05) is 42.4 Å². The SMILES string of the molecule is C=C(C)C(=O)OCCCCC(=O)OCC1OC[C@@H](OC(=O)CCCCOC(=O)C(=C)C)C(OC(=O)CCCCOC(=O)C(=C)C)[C@H]1OC(=O)CCCCOC(=O)C(C)(C)C. The van der Waals surface area contributed by atoms with Gasteiger partial charge in [-0.25, -0.2) is 14.4 Å². The first kappa shape index (κ1) is 53.0. The number of carbonyl (C=O) groups excluding carboxylic acids is 8. The lowest BCUT2D eigenvalue weighted by Gasteiger charge is -2.40. The minimum Gasteiger partial charge on any atom is -0.465 e. The molecule has 0 N–H and O–H groups in total. The topological polar surface area (TPSA) is 220 Å². The Labute approximate surface area is 352 Å². The summed E-state index contributed by atoms with van der Waals surface area (Å²) in [6.07, 6.45) is -3.06. The molecule has 0 aliphatic carbocycles. The van der Waals surface area contributed by atoms with Gasteiger partial charge in [0.25, 0.3) is 0 Å². The molecule has 0 bridgehead atoms. The lowest BCUT2D eigenvalue weighted by Crippen LogP contribution is -2.59. The lowest BCUT2D eigenvalue weighted by atomic mass is 9.97. The molecule has 2 unspecified atom stereocenters. The number of rotatable bonds is 28. The van der Waals surface area contributed by atoms with E-state index in [1.807, 2.05) is 0 Å². The Balaban J connectivity index is 3.14. The summed E-state index contributed by atoms with van der Waals surface area (Å²) in [4.78, 5) is 99.3. The summed E-state index contributed by atoms with van der Waals surface area (Å²) in [7, 11) is 0. The van der Waals surface area contributed by atoms with Gasteiger partial charge in [0.05, 0.1) is 38.4 Å². The molecule has 1 heterocycles. The highest BCUT2D eigenvalue weighted by atomic mass is 16.7. The molecular weight excluding hydrogens is 788 g/mol. The second-order valence-electron chi connectivity index (χ2n) is 15.5. The van der Waals surface area contributed by atoms with Crippen molar-refractivity contribution in [3.63, 3.8) is 0 Å². The number of carbonyl (C=O) groups is 8. The molecule has 1 fully saturated rings. The summed E-state index contributed by atoms with van der Waals surface area (Å²) in [5, 5.41) is 0. The molecule has 0 aromatic heterocycles. The van der Waals surface area contributed by atoms with E-state index in [1.54, 1.807) is 20.8 Å². The first-order chi connectivity index (χ1) is 28.2. The molecule has 0 amide bonds. The Bertz CT molecular complexity index is 1510. The fourth-order valence-corrected chi connectivity index (χ4v) is 4.99. The van der Waals surface area contributed by atoms with E-state index < -0.39 is 84.2 Å². The lowest BCUT2D eigenvalue weighted by molar-refractivity contribution is -0.233. The molecule has 0 aromatic carbocycles. The highest BCUT2D eigenvalue weighted by Crippen LogP contribution is 2.27. The van der Waals surface area contributed by atoms with Crippen LogP contribution in [0.4, 0.5) is 0 Å². The Kier molecular flexibility index (Phi) is 25.1. The zero-order valence-electron chi connectivity index (χ0n) is 36.1. The van der Waals surface area contributed by atoms with Crippen molar-refractivity contribution in [3.05, 3.63) is 36.5 Å². The zero-order valence-corrected chi connectivity index (χ0v) is 36.1. The highest BCUT2D eigenvalue weighted by molar-refractivity contribution is 5.87. The average Bonchev–Trinajstić information content (AvgIpc) is 3.17. The second kappa shape index (κ2) is 28.4. The smallest absolute Gasteiger partial charge is 0.333 e. The molecule has 17 nitrogen and oxygen atoms in total. The summed E-state index contributed by atoms with van der Waals surface area (Å²) in [6.45, 7) is 19.8. The van der Waals surface area contributed by atoms with Crippen LogP contribution in [-0.4, -0.2) is 112 Å². The maximum Gasteiger partial charge on any atom is 0.333 e. The van der Waals surface area contributed by atoms with Crippen LogP contribution in [0.15, 0.2) is 36.5 Å². The summed E-state index contributed by atoms with van der Waals surface area (Å²) >= 11 is 0. The number of hydrogen-bond acceptors (Lipinski definition) is 17. The fraction of sp³-hybridized carbons (Fsp3) is 0.674. The molecule has 1 saturated heterocycles. The van der Waals surface area contributed by atoms with Gasteiger partial charge in [-0.05, 0) is 92.9 Å². The molecule has 4 atom stereocenters. The molecule has 1 rings (SSSR count). The Morgan fingerprint density at radius 2 is 0.867 bits per heavy atom. The third kappa shape index (κ3) is 22.9. The van der Waals surface area contributed by atoms with Gasteiger partial charge in [-0.3, -0.25) is 24.0 Å². The minimum atomic E-state index is -1.40. The Morgan fingerprint density at radius 3 is 1.27 bits per heavy atom. The summed E-state index contributed by atoms with van der Waals surface area (Å²) in [5.41, 5.74) is 0.0239. The standard InChI is InChI=1S/C43H64O17/c1-28(2)39(48)52-22-14-10-18-33(44)57-26-31-37(59-35(46)21-13-17-25-55-42(51)43(7,8)9)38(60-36(47)20-12-16-24-54-41(50)30(5)6)32(27-56-31)58-34(45)19-11-15-23-53-40(49)29(3)4/h31-32,37-38H,1,3,5,10-27H2,2,4,6-9H3/t31?,32-,37+,38?/m1/s1. The molecule has 1 aliphatic heterocycles. The van der Waals surface area contributed by atoms with Gasteiger partial charge in [0.1, 0.15) is 12.7 Å². The number of unbranched alkanes of at least 4 members (excludes halogenated alkanes) is 4. The van der Waals surface area contributed by atoms with Crippen LogP contribution in [0.3, 0.4) is 0 Å². The normalized spacial score (nSPS) is 17.2. The zero-order chi connectivity index (χ0) is 45.3. The Morgan fingerprint density at radius 1 is 0.500 bits per heavy atom. The average molecular weight is 853 g/mol. The summed E-state index contributed by atoms with van der Waals surface area (Å²) in [5.74, 6) is -4.84. The van der Waals surface area contributed by atoms with E-state index in [9.17, 15) is 38.4 Å². The molecule has 0 aromatic rings. The largest absolute Gasteiger partial charge is 0.465 e. The van der Waals surface area contributed by atoms with Crippen LogP contribution in [0, 0.1) is 5.41 Å². The van der Waals surface area contributed by atoms with Crippen molar-refractivity contribution in [3.8, 4) is 0 Å². The van der Waals surface area contributed by atoms with Crippen molar-refractivity contribution < 1.29 is 81.0 Å². The van der Waals surface area contributed by atoms with Crippen LogP contribution in [0.1, 0.15) is 119 Å². The van der Waals surface area contributed by atoms with Crippen LogP contribution in [-0.2, 0) is 81.0 Å². The van der Waals surface area contributed by atoms with E-state index in [0.717, 1.165) is 0 Å². The Hall–Kier alpha value is -5.06. The maximum absolute atomic E-state index is 13.3. The van der Waals surface area contributed by atoms with Crippen molar-refractivity contribution >= 4 is 47.8 Å². The van der Waals surface area contributed by atoms with E-state index in [4.69, 9.17) is 42.6 Å². The van der Waals surface area contributed by atoms with Gasteiger partial charge in [-0.15, -0.1) is 0 Å². The first-order valence-corrected chi connectivity index (χ1v) is 20.2. The van der Waals surface area contributed by atoms with Crippen molar-refractivity contribution in [2.75, 3.05) is 39.6 Å². The molecule has 338 valence electrons. The summed E-state index contributed by atoms with van der Waals surface area (Å²) in [6, 6.07) is 0. The van der Waals surface area contributed by atoms with E-state index in [-0.39, 0.29) is 94.7 Å². The van der Waals surface area contributed by atoms with Gasteiger partial charge in [0.15, 0.2) is 18.3 Å². The first-order valence-electron chi connectivity index (χ1n) is 20.2. The van der Waals surface area contributed by atoms with Gasteiger partial charge in [-0.1, -0.05) is 19.7 Å². The van der Waals surface area contributed by atoms with Crippen molar-refractivity contribution in [2.24, 2.45) is 5.41 Å². The van der Waals surface area contributed by atoms with Gasteiger partial charge in [0.2, 0.25) is 0 Å². The second-order valence-corrected chi connectivity index (χ2v) is 15.5. The van der Waals surface area contributed by atoms with Crippen molar-refractivity contribution in [1.82, 2.24) is 0 Å². The maximum atomic E-state index is 13.3. The van der Waals surface area contributed by atoms with E-state index in [2.05, 4.69) is 19.7 Å². The van der Waals surface area contributed by atoms with Crippen LogP contribution in [0.2, 0.25) is 0 Å². The van der Waals surface area contributed by atoms with E-state index in [1.165, 1.54) is 20.8 Å². The van der Waals surface area contributed by atoms with E-state index in [0.29, 0.717) is 32.1 Å². The summed E-state index contributed by atoms with van der Waals surface area (Å²) < 4.78 is 49.2. The van der Waals surface area contributed by atoms with Crippen molar-refractivity contribution in [1.29, 1.82) is 0 Å². The molecule has 0 saturated carbocycles. The molecule has 60 heavy (non-hydrogen) atoms. The van der Waals surface area contributed by atoms with Crippen LogP contribution >= 0.6 is 0 Å². The van der Waals surface area contributed by atoms with E-state index >= 15 is 0 Å². The van der Waals surface area contributed by atoms with Gasteiger partial charge < -0.3 is 42.6 Å². The molecular formula is C43H64O17.